The number of fused-ring (bicyclic) bond motifs is 1. The van der Waals surface area contributed by atoms with Gasteiger partial charge in [-0.3, -0.25) is 4.79 Å². The highest BCUT2D eigenvalue weighted by Gasteiger charge is 2.45. The Bertz CT molecular complexity index is 1130. The van der Waals surface area contributed by atoms with E-state index in [0.29, 0.717) is 51.9 Å². The first-order valence-corrected chi connectivity index (χ1v) is 15.3. The molecule has 0 aromatic heterocycles. The van der Waals surface area contributed by atoms with Crippen LogP contribution in [-0.2, 0) is 47.3 Å². The Balaban J connectivity index is 1.49. The van der Waals surface area contributed by atoms with Gasteiger partial charge < -0.3 is 44.0 Å². The summed E-state index contributed by atoms with van der Waals surface area (Å²) in [5.41, 5.74) is 3.42. The van der Waals surface area contributed by atoms with Crippen molar-refractivity contribution in [2.24, 2.45) is 5.92 Å². The molecule has 4 rings (SSSR count). The predicted molar refractivity (Wildman–Crippen MR) is 166 cm³/mol. The molecule has 10 nitrogen and oxygen atoms in total. The summed E-state index contributed by atoms with van der Waals surface area (Å²) in [6, 6.07) is 14.6. The molecule has 2 aromatic carbocycles. The summed E-state index contributed by atoms with van der Waals surface area (Å²) in [5, 5.41) is 6.14. The zero-order valence-electron chi connectivity index (χ0n) is 26.2. The number of hydrogen-bond donors (Lipinski definition) is 2. The van der Waals surface area contributed by atoms with Crippen LogP contribution in [0.2, 0.25) is 0 Å². The lowest BCUT2D eigenvalue weighted by Crippen LogP contribution is -2.55. The molecule has 43 heavy (non-hydrogen) atoms. The van der Waals surface area contributed by atoms with Gasteiger partial charge >= 0.3 is 0 Å². The van der Waals surface area contributed by atoms with E-state index in [2.05, 4.69) is 58.9 Å². The van der Waals surface area contributed by atoms with Gasteiger partial charge in [0.1, 0.15) is 30.7 Å². The van der Waals surface area contributed by atoms with E-state index in [4.69, 9.17) is 28.4 Å². The molecule has 1 fully saturated rings. The number of likely N-dealkylation sites (N-methyl/N-ethyl adjacent to an activating group) is 1. The fraction of sp³-hybridized carbons (Fsp3) is 0.606. The summed E-state index contributed by atoms with van der Waals surface area (Å²) < 4.78 is 35.4. The minimum Gasteiger partial charge on any atom is -0.490 e. The lowest BCUT2D eigenvalue weighted by molar-refractivity contribution is -0.175. The van der Waals surface area contributed by atoms with Crippen LogP contribution in [0.5, 0.6) is 5.75 Å². The van der Waals surface area contributed by atoms with Crippen molar-refractivity contribution >= 4 is 11.6 Å². The van der Waals surface area contributed by atoms with Crippen LogP contribution in [0, 0.1) is 5.92 Å². The van der Waals surface area contributed by atoms with Gasteiger partial charge in [-0.1, -0.05) is 37.3 Å². The number of rotatable bonds is 17. The Labute approximate surface area is 256 Å². The van der Waals surface area contributed by atoms with E-state index in [-0.39, 0.29) is 18.6 Å². The Morgan fingerprint density at radius 2 is 1.93 bits per heavy atom. The predicted octanol–water partition coefficient (Wildman–Crippen LogP) is 3.26. The topological polar surface area (TPSA) is 99.8 Å². The summed E-state index contributed by atoms with van der Waals surface area (Å²) in [4.78, 5) is 14.7. The van der Waals surface area contributed by atoms with Crippen LogP contribution in [0.25, 0.3) is 0 Å². The molecule has 0 saturated carbocycles. The number of piperidine rings is 1. The standard InChI is InChI=1S/C33H49N3O7/c1-25(20-39-4)21-40-22-26-6-9-28(10-7-26)33(43-24-32(37)34-2)12-13-35-19-31(33)42-23-27-8-11-30-29(18-27)36(15-17-41-30)14-5-16-38-3/h6-11,18,25,31,35H,5,12-17,19-24H2,1-4H3,(H,34,37)/t25-,31-,33-/m0/s1. The first-order chi connectivity index (χ1) is 21.0. The maximum absolute atomic E-state index is 12.3. The van der Waals surface area contributed by atoms with Crippen molar-refractivity contribution < 1.29 is 33.2 Å². The summed E-state index contributed by atoms with van der Waals surface area (Å²) in [6.07, 6.45) is 1.31. The second-order valence-corrected chi connectivity index (χ2v) is 11.4. The van der Waals surface area contributed by atoms with Gasteiger partial charge in [-0.15, -0.1) is 0 Å². The maximum Gasteiger partial charge on any atom is 0.245 e. The molecule has 238 valence electrons. The van der Waals surface area contributed by atoms with E-state index in [1.165, 1.54) is 0 Å². The summed E-state index contributed by atoms with van der Waals surface area (Å²) in [6.45, 7) is 8.80. The smallest absolute Gasteiger partial charge is 0.245 e. The monoisotopic (exact) mass is 599 g/mol. The van der Waals surface area contributed by atoms with Gasteiger partial charge in [0.25, 0.3) is 0 Å². The van der Waals surface area contributed by atoms with Crippen LogP contribution in [-0.4, -0.2) is 92.5 Å². The highest BCUT2D eigenvalue weighted by atomic mass is 16.6. The van der Waals surface area contributed by atoms with Gasteiger partial charge in [-0.25, -0.2) is 0 Å². The van der Waals surface area contributed by atoms with Crippen molar-refractivity contribution in [3.05, 3.63) is 59.2 Å². The van der Waals surface area contributed by atoms with Gasteiger partial charge in [0.2, 0.25) is 5.91 Å². The molecule has 0 bridgehead atoms. The third-order valence-electron chi connectivity index (χ3n) is 8.04. The van der Waals surface area contributed by atoms with E-state index in [1.807, 2.05) is 6.07 Å². The zero-order valence-corrected chi connectivity index (χ0v) is 26.2. The number of anilines is 1. The zero-order chi connectivity index (χ0) is 30.5. The molecule has 10 heteroatoms. The molecule has 1 amide bonds. The van der Waals surface area contributed by atoms with Crippen LogP contribution in [0.1, 0.15) is 36.5 Å². The first kappa shape index (κ1) is 33.2. The van der Waals surface area contributed by atoms with E-state index in [0.717, 1.165) is 60.8 Å². The summed E-state index contributed by atoms with van der Waals surface area (Å²) in [5.74, 6) is 1.06. The average molecular weight is 600 g/mol. The van der Waals surface area contributed by atoms with Crippen LogP contribution < -0.4 is 20.3 Å². The van der Waals surface area contributed by atoms with E-state index >= 15 is 0 Å². The summed E-state index contributed by atoms with van der Waals surface area (Å²) >= 11 is 0. The molecule has 3 atom stereocenters. The fourth-order valence-electron chi connectivity index (χ4n) is 5.70. The molecule has 2 aromatic rings. The second kappa shape index (κ2) is 16.9. The maximum atomic E-state index is 12.3. The molecular weight excluding hydrogens is 550 g/mol. The largest absolute Gasteiger partial charge is 0.490 e. The number of amides is 1. The minimum absolute atomic E-state index is 0.0504. The molecule has 2 aliphatic rings. The van der Waals surface area contributed by atoms with Crippen LogP contribution in [0.4, 0.5) is 5.69 Å². The first-order valence-electron chi connectivity index (χ1n) is 15.3. The fourth-order valence-corrected chi connectivity index (χ4v) is 5.70. The normalized spacial score (nSPS) is 20.7. The Morgan fingerprint density at radius 1 is 1.12 bits per heavy atom. The van der Waals surface area contributed by atoms with E-state index in [1.54, 1.807) is 21.3 Å². The van der Waals surface area contributed by atoms with Crippen LogP contribution in [0.3, 0.4) is 0 Å². The van der Waals surface area contributed by atoms with Crippen LogP contribution >= 0.6 is 0 Å². The highest BCUT2D eigenvalue weighted by molar-refractivity contribution is 5.76. The average Bonchev–Trinajstić information content (AvgIpc) is 3.03. The van der Waals surface area contributed by atoms with Crippen molar-refractivity contribution in [2.45, 2.75) is 44.7 Å². The van der Waals surface area contributed by atoms with Crippen molar-refractivity contribution in [3.63, 3.8) is 0 Å². The third kappa shape index (κ3) is 9.14. The molecule has 0 spiro atoms. The molecule has 0 unspecified atom stereocenters. The van der Waals surface area contributed by atoms with Gasteiger partial charge in [-0.05, 0) is 48.2 Å². The molecule has 0 aliphatic carbocycles. The number of methoxy groups -OCH3 is 2. The van der Waals surface area contributed by atoms with Gasteiger partial charge in [-0.2, -0.15) is 0 Å². The molecule has 2 aliphatic heterocycles. The van der Waals surface area contributed by atoms with Crippen molar-refractivity contribution in [1.29, 1.82) is 0 Å². The van der Waals surface area contributed by atoms with E-state index < -0.39 is 5.60 Å². The van der Waals surface area contributed by atoms with Crippen molar-refractivity contribution in [1.82, 2.24) is 10.6 Å². The quantitative estimate of drug-likeness (QED) is 0.266. The molecule has 0 radical (unpaired) electrons. The lowest BCUT2D eigenvalue weighted by Gasteiger charge is -2.44. The number of carbonyl (C=O) groups excluding carboxylic acids is 1. The van der Waals surface area contributed by atoms with Gasteiger partial charge in [0.15, 0.2) is 0 Å². The Morgan fingerprint density at radius 3 is 2.70 bits per heavy atom. The molecule has 1 saturated heterocycles. The van der Waals surface area contributed by atoms with Gasteiger partial charge in [0.05, 0.1) is 38.7 Å². The number of nitrogens with zero attached hydrogens (tertiary/aromatic N) is 1. The summed E-state index contributed by atoms with van der Waals surface area (Å²) in [7, 11) is 5.06. The van der Waals surface area contributed by atoms with E-state index in [9.17, 15) is 4.79 Å². The Kier molecular flexibility index (Phi) is 13.1. The second-order valence-electron chi connectivity index (χ2n) is 11.4. The SMILES string of the molecule is CNC(=O)CO[C@]1(c2ccc(COC[C@@H](C)COC)cc2)CCNC[C@@H]1OCc1ccc2c(c1)N(CCCOC)CCO2. The molecule has 2 N–H and O–H groups in total. The number of carbonyl (C=O) groups is 1. The lowest BCUT2D eigenvalue weighted by atomic mass is 9.82. The van der Waals surface area contributed by atoms with Crippen molar-refractivity contribution in [2.75, 3.05) is 85.4 Å². The van der Waals surface area contributed by atoms with Crippen LogP contribution in [0.15, 0.2) is 42.5 Å². The molecular formula is C33H49N3O7. The number of hydrogen-bond acceptors (Lipinski definition) is 9. The minimum atomic E-state index is -0.784. The third-order valence-corrected chi connectivity index (χ3v) is 8.04. The number of ether oxygens (including phenoxy) is 6. The highest BCUT2D eigenvalue weighted by Crippen LogP contribution is 2.38. The Hall–Kier alpha value is -2.73. The number of benzene rings is 2. The van der Waals surface area contributed by atoms with Crippen molar-refractivity contribution in [3.8, 4) is 5.75 Å². The number of nitrogens with one attached hydrogen (secondary N) is 2. The van der Waals surface area contributed by atoms with Gasteiger partial charge in [0, 0.05) is 46.9 Å². The molecule has 2 heterocycles.